The third kappa shape index (κ3) is 6.66. The molecule has 2 N–H and O–H groups in total. The van der Waals surface area contributed by atoms with E-state index >= 15 is 0 Å². The molecule has 0 spiro atoms. The Morgan fingerprint density at radius 2 is 2.14 bits per heavy atom. The summed E-state index contributed by atoms with van der Waals surface area (Å²) in [6.45, 7) is 7.00. The van der Waals surface area contributed by atoms with Gasteiger partial charge in [-0.15, -0.1) is 24.0 Å². The molecule has 1 aliphatic heterocycles. The van der Waals surface area contributed by atoms with E-state index in [0.29, 0.717) is 6.61 Å². The Balaban J connectivity index is 0.00000280. The molecule has 28 heavy (non-hydrogen) atoms. The molecule has 2 heterocycles. The molecule has 7 nitrogen and oxygen atoms in total. The molecule has 0 bridgehead atoms. The largest absolute Gasteiger partial charge is 0.385 e. The second-order valence-corrected chi connectivity index (χ2v) is 6.63. The molecule has 2 aromatic rings. The lowest BCUT2D eigenvalue weighted by Crippen LogP contribution is -2.48. The molecule has 1 aromatic heterocycles. The van der Waals surface area contributed by atoms with E-state index in [-0.39, 0.29) is 30.1 Å². The molecule has 1 unspecified atom stereocenters. The van der Waals surface area contributed by atoms with Gasteiger partial charge in [-0.05, 0) is 25.5 Å². The Morgan fingerprint density at radius 1 is 1.32 bits per heavy atom. The predicted molar refractivity (Wildman–Crippen MR) is 124 cm³/mol. The van der Waals surface area contributed by atoms with Gasteiger partial charge in [-0.25, -0.2) is 0 Å². The van der Waals surface area contributed by atoms with Gasteiger partial charge >= 0.3 is 0 Å². The van der Waals surface area contributed by atoms with E-state index < -0.39 is 0 Å². The van der Waals surface area contributed by atoms with Crippen LogP contribution in [-0.4, -0.2) is 60.0 Å². The van der Waals surface area contributed by atoms with Crippen molar-refractivity contribution in [2.45, 2.75) is 19.4 Å². The van der Waals surface area contributed by atoms with Crippen LogP contribution in [0.5, 0.6) is 0 Å². The van der Waals surface area contributed by atoms with Gasteiger partial charge in [0, 0.05) is 50.7 Å². The number of ether oxygens (including phenoxy) is 1. The maximum Gasteiger partial charge on any atom is 0.194 e. The number of hydrogen-bond donors (Lipinski definition) is 2. The van der Waals surface area contributed by atoms with E-state index in [1.807, 2.05) is 42.3 Å². The summed E-state index contributed by atoms with van der Waals surface area (Å²) in [7, 11) is 1.93. The molecule has 1 saturated heterocycles. The Morgan fingerprint density at radius 3 is 2.86 bits per heavy atom. The highest BCUT2D eigenvalue weighted by atomic mass is 127. The monoisotopic (exact) mass is 498 g/mol. The normalized spacial score (nSPS) is 17.1. The first-order chi connectivity index (χ1) is 13.3. The summed E-state index contributed by atoms with van der Waals surface area (Å²) in [5, 5.41) is 11.1. The van der Waals surface area contributed by atoms with Crippen LogP contribution >= 0.6 is 24.0 Å². The maximum atomic E-state index is 5.94. The lowest BCUT2D eigenvalue weighted by atomic mass is 10.1. The van der Waals surface area contributed by atoms with Crippen LogP contribution < -0.4 is 10.6 Å². The Kier molecular flexibility index (Phi) is 9.56. The molecular weight excluding hydrogens is 467 g/mol. The molecule has 8 heteroatoms. The molecule has 3 rings (SSSR count). The van der Waals surface area contributed by atoms with E-state index in [4.69, 9.17) is 9.73 Å². The van der Waals surface area contributed by atoms with Crippen molar-refractivity contribution < 1.29 is 4.74 Å². The van der Waals surface area contributed by atoms with Gasteiger partial charge in [0.1, 0.15) is 6.10 Å². The highest BCUT2D eigenvalue weighted by Crippen LogP contribution is 2.21. The lowest BCUT2D eigenvalue weighted by molar-refractivity contribution is -0.00803. The van der Waals surface area contributed by atoms with E-state index in [0.717, 1.165) is 56.4 Å². The van der Waals surface area contributed by atoms with E-state index in [1.54, 1.807) is 0 Å². The summed E-state index contributed by atoms with van der Waals surface area (Å²) >= 11 is 0. The van der Waals surface area contributed by atoms with Gasteiger partial charge in [0.15, 0.2) is 5.96 Å². The number of guanidine groups is 1. The number of nitrogens with one attached hydrogen (secondary N) is 2. The first kappa shape index (κ1) is 22.5. The summed E-state index contributed by atoms with van der Waals surface area (Å²) in [6.07, 6.45) is 4.93. The third-order valence-electron chi connectivity index (χ3n) is 4.50. The van der Waals surface area contributed by atoms with Crippen LogP contribution in [0.4, 0.5) is 5.69 Å². The maximum absolute atomic E-state index is 5.94. The average Bonchev–Trinajstić information content (AvgIpc) is 3.14. The zero-order chi connectivity index (χ0) is 18.9. The molecule has 1 atom stereocenters. The zero-order valence-corrected chi connectivity index (χ0v) is 19.0. The van der Waals surface area contributed by atoms with Gasteiger partial charge in [0.05, 0.1) is 19.3 Å². The minimum absolute atomic E-state index is 0. The molecule has 1 aliphatic rings. The van der Waals surface area contributed by atoms with Crippen LogP contribution in [0.3, 0.4) is 0 Å². The second-order valence-electron chi connectivity index (χ2n) is 6.63. The van der Waals surface area contributed by atoms with Crippen molar-refractivity contribution >= 4 is 35.6 Å². The van der Waals surface area contributed by atoms with E-state index in [9.17, 15) is 0 Å². The highest BCUT2D eigenvalue weighted by Gasteiger charge is 2.25. The second kappa shape index (κ2) is 11.9. The van der Waals surface area contributed by atoms with Crippen molar-refractivity contribution in [3.8, 4) is 0 Å². The lowest BCUT2D eigenvalue weighted by Gasteiger charge is -2.34. The fraction of sp³-hybridized carbons (Fsp3) is 0.500. The number of aliphatic imine (C=N–C) groups is 1. The number of aromatic nitrogens is 2. The smallest absolute Gasteiger partial charge is 0.194 e. The van der Waals surface area contributed by atoms with Crippen molar-refractivity contribution in [2.75, 3.05) is 44.6 Å². The van der Waals surface area contributed by atoms with Gasteiger partial charge in [-0.2, -0.15) is 5.10 Å². The Labute approximate surface area is 184 Å². The van der Waals surface area contributed by atoms with Crippen LogP contribution in [0.15, 0.2) is 47.7 Å². The number of aryl methyl sites for hydroxylation is 1. The summed E-state index contributed by atoms with van der Waals surface area (Å²) in [5.74, 6) is 0.967. The summed E-state index contributed by atoms with van der Waals surface area (Å²) in [5.41, 5.74) is 2.27. The van der Waals surface area contributed by atoms with Crippen molar-refractivity contribution in [3.05, 3.63) is 48.3 Å². The third-order valence-corrected chi connectivity index (χ3v) is 4.50. The number of para-hydroxylation sites is 1. The molecule has 1 fully saturated rings. The van der Waals surface area contributed by atoms with Gasteiger partial charge < -0.3 is 20.3 Å². The number of nitrogens with zero attached hydrogens (tertiary/aromatic N) is 4. The zero-order valence-electron chi connectivity index (χ0n) is 16.7. The minimum Gasteiger partial charge on any atom is -0.385 e. The summed E-state index contributed by atoms with van der Waals surface area (Å²) in [4.78, 5) is 7.10. The van der Waals surface area contributed by atoms with Crippen molar-refractivity contribution in [2.24, 2.45) is 12.0 Å². The summed E-state index contributed by atoms with van der Waals surface area (Å²) in [6, 6.07) is 10.3. The fourth-order valence-electron chi connectivity index (χ4n) is 3.13. The van der Waals surface area contributed by atoms with Gasteiger partial charge in [-0.1, -0.05) is 18.2 Å². The number of hydrogen-bond acceptors (Lipinski definition) is 4. The SMILES string of the molecule is CCNC(=NCCCNc1ccccc1)N1CCOC(c2cnn(C)c2)C1.I. The molecule has 154 valence electrons. The van der Waals surface area contributed by atoms with Crippen molar-refractivity contribution in [1.29, 1.82) is 0 Å². The molecule has 0 amide bonds. The van der Waals surface area contributed by atoms with E-state index in [2.05, 4.69) is 39.7 Å². The topological polar surface area (TPSA) is 66.7 Å². The van der Waals surface area contributed by atoms with Crippen molar-refractivity contribution in [1.82, 2.24) is 20.0 Å². The van der Waals surface area contributed by atoms with Gasteiger partial charge in [0.25, 0.3) is 0 Å². The molecule has 0 aliphatic carbocycles. The predicted octanol–water partition coefficient (Wildman–Crippen LogP) is 2.88. The first-order valence-electron chi connectivity index (χ1n) is 9.68. The number of anilines is 1. The minimum atomic E-state index is 0. The van der Waals surface area contributed by atoms with Crippen LogP contribution in [0.1, 0.15) is 25.0 Å². The fourth-order valence-corrected chi connectivity index (χ4v) is 3.13. The number of morpholine rings is 1. The van der Waals surface area contributed by atoms with Crippen LogP contribution in [0, 0.1) is 0 Å². The number of benzene rings is 1. The first-order valence-corrected chi connectivity index (χ1v) is 9.68. The van der Waals surface area contributed by atoms with E-state index in [1.165, 1.54) is 0 Å². The Hall–Kier alpha value is -1.81. The number of halogens is 1. The molecule has 0 radical (unpaired) electrons. The highest BCUT2D eigenvalue weighted by molar-refractivity contribution is 14.0. The quantitative estimate of drug-likeness (QED) is 0.266. The molecular formula is C20H31IN6O. The van der Waals surface area contributed by atoms with Crippen LogP contribution in [0.2, 0.25) is 0 Å². The van der Waals surface area contributed by atoms with Gasteiger partial charge in [0.2, 0.25) is 0 Å². The average molecular weight is 498 g/mol. The van der Waals surface area contributed by atoms with Crippen LogP contribution in [0.25, 0.3) is 0 Å². The van der Waals surface area contributed by atoms with Crippen molar-refractivity contribution in [3.63, 3.8) is 0 Å². The van der Waals surface area contributed by atoms with Crippen LogP contribution in [-0.2, 0) is 11.8 Å². The molecule has 0 saturated carbocycles. The van der Waals surface area contributed by atoms with Gasteiger partial charge in [-0.3, -0.25) is 9.67 Å². The summed E-state index contributed by atoms with van der Waals surface area (Å²) < 4.78 is 7.76. The standard InChI is InChI=1S/C20H30N6O.HI/c1-3-21-20(23-11-7-10-22-18-8-5-4-6-9-18)26-12-13-27-19(16-26)17-14-24-25(2)15-17;/h4-6,8-9,14-15,19,22H,3,7,10-13,16H2,1-2H3,(H,21,23);1H. The number of rotatable bonds is 7. The Bertz CT molecular complexity index is 720. The molecule has 1 aromatic carbocycles.